The van der Waals surface area contributed by atoms with Crippen molar-refractivity contribution < 1.29 is 24.2 Å². The van der Waals surface area contributed by atoms with E-state index < -0.39 is 24.6 Å². The monoisotopic (exact) mass is 436 g/mol. The van der Waals surface area contributed by atoms with Crippen LogP contribution in [0, 0.1) is 5.92 Å². The molecule has 2 aromatic rings. The van der Waals surface area contributed by atoms with E-state index in [4.69, 9.17) is 9.84 Å². The van der Waals surface area contributed by atoms with E-state index in [9.17, 15) is 14.4 Å². The smallest absolute Gasteiger partial charge is 0.407 e. The molecule has 168 valence electrons. The van der Waals surface area contributed by atoms with E-state index in [1.165, 1.54) is 4.90 Å². The predicted octanol–water partition coefficient (Wildman–Crippen LogP) is 3.63. The number of carboxylic acids is 1. The standard InChI is InChI=1S/C25H28N2O5/c1-15(2)27(13-22(28)29)24(30)23(16-11-12-16)26-25(31)32-14-21-19-9-5-3-7-17(19)18-8-4-6-10-20(18)21/h3-10,15-16,21,23H,11-14H2,1-2H3,(H,26,31)(H,28,29). The van der Waals surface area contributed by atoms with E-state index in [2.05, 4.69) is 17.4 Å². The Balaban J connectivity index is 1.44. The second kappa shape index (κ2) is 9.02. The largest absolute Gasteiger partial charge is 0.480 e. The van der Waals surface area contributed by atoms with Gasteiger partial charge in [0.2, 0.25) is 5.91 Å². The summed E-state index contributed by atoms with van der Waals surface area (Å²) < 4.78 is 5.58. The van der Waals surface area contributed by atoms with Crippen molar-refractivity contribution in [1.29, 1.82) is 0 Å². The van der Waals surface area contributed by atoms with Gasteiger partial charge in [0.25, 0.3) is 0 Å². The van der Waals surface area contributed by atoms with Gasteiger partial charge in [-0.3, -0.25) is 9.59 Å². The van der Waals surface area contributed by atoms with Crippen molar-refractivity contribution in [3.05, 3.63) is 59.7 Å². The Morgan fingerprint density at radius 2 is 1.59 bits per heavy atom. The molecule has 0 aliphatic heterocycles. The van der Waals surface area contributed by atoms with Gasteiger partial charge in [-0.05, 0) is 54.9 Å². The van der Waals surface area contributed by atoms with Gasteiger partial charge < -0.3 is 20.1 Å². The van der Waals surface area contributed by atoms with Crippen LogP contribution in [0.1, 0.15) is 43.7 Å². The lowest BCUT2D eigenvalue weighted by Gasteiger charge is -2.29. The SMILES string of the molecule is CC(C)N(CC(=O)O)C(=O)C(NC(=O)OCC1c2ccccc2-c2ccccc21)C1CC1. The number of nitrogens with zero attached hydrogens (tertiary/aromatic N) is 1. The summed E-state index contributed by atoms with van der Waals surface area (Å²) in [4.78, 5) is 38.2. The average molecular weight is 437 g/mol. The summed E-state index contributed by atoms with van der Waals surface area (Å²) in [5.74, 6) is -1.51. The Kier molecular flexibility index (Phi) is 6.17. The molecule has 0 bridgehead atoms. The summed E-state index contributed by atoms with van der Waals surface area (Å²) in [5.41, 5.74) is 4.52. The molecule has 32 heavy (non-hydrogen) atoms. The third-order valence-electron chi connectivity index (χ3n) is 6.19. The number of amides is 2. The third kappa shape index (κ3) is 4.47. The quantitative estimate of drug-likeness (QED) is 0.659. The summed E-state index contributed by atoms with van der Waals surface area (Å²) in [7, 11) is 0. The minimum atomic E-state index is -1.08. The van der Waals surface area contributed by atoms with Gasteiger partial charge in [0.05, 0.1) is 0 Å². The number of carbonyl (C=O) groups is 3. The van der Waals surface area contributed by atoms with Crippen LogP contribution in [0.15, 0.2) is 48.5 Å². The normalized spacial score (nSPS) is 15.6. The molecule has 2 aliphatic carbocycles. The molecule has 1 unspecified atom stereocenters. The third-order valence-corrected chi connectivity index (χ3v) is 6.19. The molecule has 1 saturated carbocycles. The van der Waals surface area contributed by atoms with Crippen LogP contribution < -0.4 is 5.32 Å². The van der Waals surface area contributed by atoms with Crippen LogP contribution in [-0.4, -0.2) is 53.2 Å². The molecule has 2 aromatic carbocycles. The van der Waals surface area contributed by atoms with E-state index in [1.54, 1.807) is 13.8 Å². The number of carbonyl (C=O) groups excluding carboxylic acids is 2. The summed E-state index contributed by atoms with van der Waals surface area (Å²) >= 11 is 0. The van der Waals surface area contributed by atoms with Crippen molar-refractivity contribution in [2.24, 2.45) is 5.92 Å². The van der Waals surface area contributed by atoms with Gasteiger partial charge in [-0.2, -0.15) is 0 Å². The topological polar surface area (TPSA) is 95.9 Å². The number of nitrogens with one attached hydrogen (secondary N) is 1. The molecule has 0 radical (unpaired) electrons. The highest BCUT2D eigenvalue weighted by atomic mass is 16.5. The van der Waals surface area contributed by atoms with Crippen molar-refractivity contribution in [1.82, 2.24) is 10.2 Å². The number of alkyl carbamates (subject to hydrolysis) is 1. The molecule has 1 fully saturated rings. The highest BCUT2D eigenvalue weighted by Crippen LogP contribution is 2.44. The number of ether oxygens (including phenoxy) is 1. The van der Waals surface area contributed by atoms with Gasteiger partial charge >= 0.3 is 12.1 Å². The first-order chi connectivity index (χ1) is 15.4. The molecule has 0 aromatic heterocycles. The summed E-state index contributed by atoms with van der Waals surface area (Å²) in [6.45, 7) is 3.29. The number of carboxylic acid groups (broad SMARTS) is 1. The zero-order valence-electron chi connectivity index (χ0n) is 18.3. The molecule has 7 nitrogen and oxygen atoms in total. The van der Waals surface area contributed by atoms with E-state index in [-0.39, 0.29) is 30.4 Å². The molecule has 0 spiro atoms. The summed E-state index contributed by atoms with van der Waals surface area (Å²) in [6.07, 6.45) is 0.981. The number of benzene rings is 2. The van der Waals surface area contributed by atoms with Crippen LogP contribution in [0.25, 0.3) is 11.1 Å². The van der Waals surface area contributed by atoms with Gasteiger partial charge in [0.15, 0.2) is 0 Å². The van der Waals surface area contributed by atoms with Gasteiger partial charge in [0, 0.05) is 12.0 Å². The van der Waals surface area contributed by atoms with Crippen LogP contribution in [0.4, 0.5) is 4.79 Å². The Hall–Kier alpha value is -3.35. The molecule has 0 saturated heterocycles. The van der Waals surface area contributed by atoms with Crippen molar-refractivity contribution in [3.63, 3.8) is 0 Å². The zero-order chi connectivity index (χ0) is 22.8. The van der Waals surface area contributed by atoms with Crippen molar-refractivity contribution in [3.8, 4) is 11.1 Å². The molecule has 0 heterocycles. The fraction of sp³-hybridized carbons (Fsp3) is 0.400. The number of hydrogen-bond donors (Lipinski definition) is 2. The average Bonchev–Trinajstić information content (AvgIpc) is 3.56. The maximum absolute atomic E-state index is 13.0. The predicted molar refractivity (Wildman–Crippen MR) is 119 cm³/mol. The molecule has 2 aliphatic rings. The number of fused-ring (bicyclic) bond motifs is 3. The van der Waals surface area contributed by atoms with E-state index in [0.717, 1.165) is 35.1 Å². The maximum Gasteiger partial charge on any atom is 0.407 e. The molecule has 2 amide bonds. The van der Waals surface area contributed by atoms with E-state index in [1.807, 2.05) is 36.4 Å². The summed E-state index contributed by atoms with van der Waals surface area (Å²) in [6, 6.07) is 15.1. The minimum Gasteiger partial charge on any atom is -0.480 e. The molecular weight excluding hydrogens is 408 g/mol. The Labute approximate surface area is 187 Å². The summed E-state index contributed by atoms with van der Waals surface area (Å²) in [5, 5.41) is 11.9. The highest BCUT2D eigenvalue weighted by Gasteiger charge is 2.41. The maximum atomic E-state index is 13.0. The number of hydrogen-bond acceptors (Lipinski definition) is 4. The number of aliphatic carboxylic acids is 1. The molecule has 4 rings (SSSR count). The number of rotatable bonds is 8. The second-order valence-corrected chi connectivity index (χ2v) is 8.74. The molecule has 7 heteroatoms. The van der Waals surface area contributed by atoms with Crippen LogP contribution in [0.5, 0.6) is 0 Å². The van der Waals surface area contributed by atoms with E-state index >= 15 is 0 Å². The molecule has 1 atom stereocenters. The van der Waals surface area contributed by atoms with Gasteiger partial charge in [0.1, 0.15) is 19.2 Å². The second-order valence-electron chi connectivity index (χ2n) is 8.74. The van der Waals surface area contributed by atoms with E-state index in [0.29, 0.717) is 0 Å². The lowest BCUT2D eigenvalue weighted by molar-refractivity contribution is -0.146. The lowest BCUT2D eigenvalue weighted by atomic mass is 9.98. The molecular formula is C25H28N2O5. The lowest BCUT2D eigenvalue weighted by Crippen LogP contribution is -2.53. The fourth-order valence-corrected chi connectivity index (χ4v) is 4.42. The van der Waals surface area contributed by atoms with Crippen molar-refractivity contribution in [2.75, 3.05) is 13.2 Å². The Bertz CT molecular complexity index is 985. The van der Waals surface area contributed by atoms with Crippen LogP contribution in [0.3, 0.4) is 0 Å². The Morgan fingerprint density at radius 1 is 1.03 bits per heavy atom. The minimum absolute atomic E-state index is 0.0121. The Morgan fingerprint density at radius 3 is 2.09 bits per heavy atom. The van der Waals surface area contributed by atoms with Gasteiger partial charge in [-0.25, -0.2) is 4.79 Å². The van der Waals surface area contributed by atoms with Crippen LogP contribution in [-0.2, 0) is 14.3 Å². The highest BCUT2D eigenvalue weighted by molar-refractivity contribution is 5.89. The zero-order valence-corrected chi connectivity index (χ0v) is 18.3. The van der Waals surface area contributed by atoms with Crippen molar-refractivity contribution in [2.45, 2.75) is 44.7 Å². The van der Waals surface area contributed by atoms with Gasteiger partial charge in [-0.1, -0.05) is 48.5 Å². The van der Waals surface area contributed by atoms with Crippen molar-refractivity contribution >= 4 is 18.0 Å². The first-order valence-corrected chi connectivity index (χ1v) is 11.0. The van der Waals surface area contributed by atoms with Crippen LogP contribution >= 0.6 is 0 Å². The first-order valence-electron chi connectivity index (χ1n) is 11.0. The molecule has 2 N–H and O–H groups in total. The van der Waals surface area contributed by atoms with Crippen LogP contribution in [0.2, 0.25) is 0 Å². The van der Waals surface area contributed by atoms with Gasteiger partial charge in [-0.15, -0.1) is 0 Å². The fourth-order valence-electron chi connectivity index (χ4n) is 4.42. The first kappa shape index (κ1) is 21.9.